The molecule has 0 unspecified atom stereocenters. The molecule has 4 amide bonds. The van der Waals surface area contributed by atoms with E-state index in [-0.39, 0.29) is 81.6 Å². The van der Waals surface area contributed by atoms with Crippen molar-refractivity contribution in [1.29, 1.82) is 0 Å². The number of quaternary nitrogens is 1. The fourth-order valence-electron chi connectivity index (χ4n) is 4.07. The molecule has 0 atom stereocenters. The van der Waals surface area contributed by atoms with Crippen LogP contribution >= 0.6 is 23.2 Å². The third kappa shape index (κ3) is 9.42. The molecule has 0 saturated carbocycles. The van der Waals surface area contributed by atoms with E-state index in [1.807, 2.05) is 11.9 Å². The maximum atomic E-state index is 12.8. The van der Waals surface area contributed by atoms with Gasteiger partial charge in [0.05, 0.1) is 73.7 Å². The maximum Gasteiger partial charge on any atom is 0.411 e. The van der Waals surface area contributed by atoms with Gasteiger partial charge in [0.1, 0.15) is 11.5 Å². The van der Waals surface area contributed by atoms with Gasteiger partial charge >= 0.3 is 12.2 Å². The number of phenols is 2. The minimum Gasteiger partial charge on any atom is -1.00 e. The number of methoxy groups -OCH3 is 2. The van der Waals surface area contributed by atoms with Crippen molar-refractivity contribution in [3.8, 4) is 11.5 Å². The number of hydrogen-bond donors (Lipinski definition) is 6. The number of anilines is 4. The summed E-state index contributed by atoms with van der Waals surface area (Å²) in [4.78, 5) is 50.1. The topological polar surface area (TPSA) is 179 Å². The molecular formula is C25H31Cl3N6O8. The number of ether oxygens (including phenoxy) is 2. The summed E-state index contributed by atoms with van der Waals surface area (Å²) < 4.78 is 9.40. The quantitative estimate of drug-likeness (QED) is 0.171. The van der Waals surface area contributed by atoms with Gasteiger partial charge in [0, 0.05) is 25.2 Å². The fourth-order valence-corrected chi connectivity index (χ4v) is 4.49. The summed E-state index contributed by atoms with van der Waals surface area (Å²) in [6, 6.07) is 5.04. The Bertz CT molecular complexity index is 1340. The van der Waals surface area contributed by atoms with Gasteiger partial charge in [-0.25, -0.2) is 9.59 Å². The molecule has 6 N–H and O–H groups in total. The summed E-state index contributed by atoms with van der Waals surface area (Å²) in [6.45, 7) is 2.34. The van der Waals surface area contributed by atoms with E-state index in [4.69, 9.17) is 23.2 Å². The third-order valence-electron chi connectivity index (χ3n) is 6.37. The largest absolute Gasteiger partial charge is 1.00 e. The van der Waals surface area contributed by atoms with Gasteiger partial charge in [0.25, 0.3) is 5.91 Å². The van der Waals surface area contributed by atoms with Crippen molar-refractivity contribution in [3.63, 3.8) is 0 Å². The van der Waals surface area contributed by atoms with Crippen LogP contribution in [-0.4, -0.2) is 104 Å². The molecule has 0 aliphatic carbocycles. The molecule has 1 aliphatic heterocycles. The van der Waals surface area contributed by atoms with Gasteiger partial charge in [-0.15, -0.1) is 0 Å². The number of amides is 4. The zero-order valence-corrected chi connectivity index (χ0v) is 25.2. The van der Waals surface area contributed by atoms with Crippen LogP contribution in [0.4, 0.5) is 32.3 Å². The number of benzene rings is 2. The molecule has 230 valence electrons. The minimum absolute atomic E-state index is 0. The zero-order chi connectivity index (χ0) is 30.3. The number of phenolic OH excluding ortho intramolecular Hbond substituents is 2. The smallest absolute Gasteiger partial charge is 0.411 e. The number of nitrogens with zero attached hydrogens (tertiary/aromatic N) is 2. The highest BCUT2D eigenvalue weighted by Gasteiger charge is 2.32. The van der Waals surface area contributed by atoms with Gasteiger partial charge in [0.15, 0.2) is 6.54 Å². The van der Waals surface area contributed by atoms with Crippen molar-refractivity contribution >= 4 is 70.0 Å². The second-order valence-electron chi connectivity index (χ2n) is 9.53. The summed E-state index contributed by atoms with van der Waals surface area (Å²) in [5.41, 5.74) is 0.424. The molecule has 0 radical (unpaired) electrons. The molecule has 2 aromatic rings. The van der Waals surface area contributed by atoms with E-state index in [2.05, 4.69) is 30.7 Å². The highest BCUT2D eigenvalue weighted by atomic mass is 35.5. The van der Waals surface area contributed by atoms with Gasteiger partial charge in [-0.3, -0.25) is 25.1 Å². The predicted octanol–water partition coefficient (Wildman–Crippen LogP) is 0.105. The van der Waals surface area contributed by atoms with Crippen LogP contribution in [0.5, 0.6) is 11.5 Å². The number of rotatable bonds is 8. The zero-order valence-electron chi connectivity index (χ0n) is 22.9. The number of nitrogens with one attached hydrogen (secondary N) is 4. The molecule has 1 saturated heterocycles. The first kappa shape index (κ1) is 34.5. The monoisotopic (exact) mass is 648 g/mol. The number of aromatic hydroxyl groups is 2. The van der Waals surface area contributed by atoms with Crippen molar-refractivity contribution in [1.82, 2.24) is 4.90 Å². The Balaban J connectivity index is 0.00000616. The standard InChI is InChI=1S/C25H30Cl2N6O8.ClH/c1-33(13-23(37)29-19-9-15(27)17(11-21(19)35)31-25(39)41-3)6-4-32(5-7-33)12-22(36)28-18-8-14(26)16(10-20(18)34)30-24(38)40-2;/h8-11H,4-7,12-13H2,1-3H3,(H5-,28,29,30,31,34,35,36,37,38,39);1H. The van der Waals surface area contributed by atoms with Crippen LogP contribution in [0.1, 0.15) is 0 Å². The van der Waals surface area contributed by atoms with Crippen LogP contribution in [0, 0.1) is 0 Å². The van der Waals surface area contributed by atoms with Gasteiger partial charge in [-0.2, -0.15) is 0 Å². The average Bonchev–Trinajstić information content (AvgIpc) is 2.90. The van der Waals surface area contributed by atoms with Gasteiger partial charge in [0.2, 0.25) is 5.91 Å². The van der Waals surface area contributed by atoms with Crippen LogP contribution in [0.15, 0.2) is 24.3 Å². The van der Waals surface area contributed by atoms with Crippen molar-refractivity contribution in [2.45, 2.75) is 0 Å². The Labute approximate surface area is 257 Å². The SMILES string of the molecule is COC(=O)Nc1cc(O)c(NC(=O)CN2CC[N+](C)(CC(=O)Nc3cc(Cl)c(NC(=O)OC)cc3O)CC2)cc1Cl.[Cl-]. The minimum atomic E-state index is -0.762. The lowest BCUT2D eigenvalue weighted by molar-refractivity contribution is -0.905. The number of hydrogen-bond acceptors (Lipinski definition) is 9. The van der Waals surface area contributed by atoms with Crippen LogP contribution in [0.3, 0.4) is 0 Å². The van der Waals surface area contributed by atoms with Crippen molar-refractivity contribution in [2.75, 3.05) is 81.8 Å². The van der Waals surface area contributed by atoms with E-state index < -0.39 is 12.2 Å². The molecular weight excluding hydrogens is 619 g/mol. The summed E-state index contributed by atoms with van der Waals surface area (Å²) in [6.07, 6.45) is -1.52. The van der Waals surface area contributed by atoms with E-state index in [1.54, 1.807) is 0 Å². The maximum absolute atomic E-state index is 12.8. The number of carbonyl (C=O) groups excluding carboxylic acids is 4. The Kier molecular flexibility index (Phi) is 12.3. The van der Waals surface area contributed by atoms with E-state index in [9.17, 15) is 29.4 Å². The first-order valence-electron chi connectivity index (χ1n) is 12.2. The van der Waals surface area contributed by atoms with Gasteiger partial charge in [-0.05, 0) is 12.1 Å². The number of likely N-dealkylation sites (N-methyl/N-ethyl adjacent to an activating group) is 1. The lowest BCUT2D eigenvalue weighted by Gasteiger charge is -2.41. The Morgan fingerprint density at radius 1 is 0.786 bits per heavy atom. The van der Waals surface area contributed by atoms with Crippen molar-refractivity contribution in [2.24, 2.45) is 0 Å². The molecule has 1 aliphatic rings. The van der Waals surface area contributed by atoms with Crippen LogP contribution < -0.4 is 33.7 Å². The lowest BCUT2D eigenvalue weighted by Crippen LogP contribution is -3.00. The van der Waals surface area contributed by atoms with Gasteiger partial charge < -0.3 is 47.2 Å². The summed E-state index contributed by atoms with van der Waals surface area (Å²) in [7, 11) is 4.29. The molecule has 1 fully saturated rings. The Morgan fingerprint density at radius 3 is 1.64 bits per heavy atom. The normalized spacial score (nSPS) is 14.1. The number of piperazine rings is 1. The first-order chi connectivity index (χ1) is 19.3. The van der Waals surface area contributed by atoms with Crippen molar-refractivity contribution < 1.29 is 55.8 Å². The second kappa shape index (κ2) is 15.0. The van der Waals surface area contributed by atoms with Crippen LogP contribution in [0.2, 0.25) is 10.0 Å². The molecule has 3 rings (SSSR count). The summed E-state index contributed by atoms with van der Waals surface area (Å²) in [5, 5.41) is 30.7. The van der Waals surface area contributed by atoms with Crippen LogP contribution in [0.25, 0.3) is 0 Å². The summed E-state index contributed by atoms with van der Waals surface area (Å²) >= 11 is 12.3. The molecule has 1 heterocycles. The van der Waals surface area contributed by atoms with E-state index in [1.165, 1.54) is 38.5 Å². The van der Waals surface area contributed by atoms with E-state index in [0.717, 1.165) is 0 Å². The predicted molar refractivity (Wildman–Crippen MR) is 153 cm³/mol. The Morgan fingerprint density at radius 2 is 1.21 bits per heavy atom. The average molecular weight is 650 g/mol. The fraction of sp³-hybridized carbons (Fsp3) is 0.360. The first-order valence-corrected chi connectivity index (χ1v) is 13.0. The van der Waals surface area contributed by atoms with E-state index >= 15 is 0 Å². The number of carbonyl (C=O) groups is 4. The summed E-state index contributed by atoms with van der Waals surface area (Å²) in [5.74, 6) is -1.30. The number of halogens is 3. The highest BCUT2D eigenvalue weighted by Crippen LogP contribution is 2.35. The third-order valence-corrected chi connectivity index (χ3v) is 6.99. The molecule has 17 heteroatoms. The van der Waals surface area contributed by atoms with Gasteiger partial charge in [-0.1, -0.05) is 23.2 Å². The molecule has 2 aromatic carbocycles. The van der Waals surface area contributed by atoms with Crippen molar-refractivity contribution in [3.05, 3.63) is 34.3 Å². The molecule has 0 spiro atoms. The molecule has 0 bridgehead atoms. The molecule has 42 heavy (non-hydrogen) atoms. The molecule has 0 aromatic heterocycles. The van der Waals surface area contributed by atoms with Crippen LogP contribution in [-0.2, 0) is 19.1 Å². The van der Waals surface area contributed by atoms with E-state index in [0.29, 0.717) is 30.7 Å². The highest BCUT2D eigenvalue weighted by molar-refractivity contribution is 6.34. The second-order valence-corrected chi connectivity index (χ2v) is 10.3. The Hall–Kier alpha value is -3.69. The molecule has 14 nitrogen and oxygen atoms in total. The lowest BCUT2D eigenvalue weighted by atomic mass is 10.2.